The molecular weight excluding hydrogens is 869 g/mol. The van der Waals surface area contributed by atoms with Crippen molar-refractivity contribution in [3.63, 3.8) is 0 Å². The molecule has 338 valence electrons. The topological polar surface area (TPSA) is 8.17 Å². The number of hydrogen-bond donors (Lipinski definition) is 0. The normalized spacial score (nSPS) is 11.3. The largest absolute Gasteiger partial charge is 0.310 e. The molecule has 0 aliphatic heterocycles. The molecule has 0 saturated heterocycles. The highest BCUT2D eigenvalue weighted by molar-refractivity contribution is 6.11. The number of aromatic nitrogens is 1. The summed E-state index contributed by atoms with van der Waals surface area (Å²) in [5.74, 6) is 0. The van der Waals surface area contributed by atoms with E-state index in [1.807, 2.05) is 0 Å². The van der Waals surface area contributed by atoms with Crippen molar-refractivity contribution in [3.05, 3.63) is 291 Å². The summed E-state index contributed by atoms with van der Waals surface area (Å²) in [4.78, 5) is 2.45. The van der Waals surface area contributed by atoms with Crippen molar-refractivity contribution in [2.75, 3.05) is 4.90 Å². The molecule has 0 radical (unpaired) electrons. The van der Waals surface area contributed by atoms with Crippen LogP contribution in [0.1, 0.15) is 0 Å². The quantitative estimate of drug-likeness (QED) is 0.133. The SMILES string of the molecule is c1ccc(-c2ccccc2-c2c(-c3ccccc3)cccc2-c2ccccc2N(c2ccc(-c3ccc4ccccc4c3)cc2)c2cccc(-c3ccc4c(c3)c3ccccc3n4-c3ccccc3)c2)cc1. The summed E-state index contributed by atoms with van der Waals surface area (Å²) < 4.78 is 2.38. The molecule has 0 aliphatic carbocycles. The van der Waals surface area contributed by atoms with E-state index >= 15 is 0 Å². The lowest BCUT2D eigenvalue weighted by Crippen LogP contribution is -2.11. The van der Waals surface area contributed by atoms with Gasteiger partial charge in [-0.2, -0.15) is 0 Å². The van der Waals surface area contributed by atoms with Crippen LogP contribution in [0.25, 0.3) is 105 Å². The minimum absolute atomic E-state index is 1.07. The second-order valence-electron chi connectivity index (χ2n) is 18.4. The number of hydrogen-bond acceptors (Lipinski definition) is 1. The summed E-state index contributed by atoms with van der Waals surface area (Å²) in [5.41, 5.74) is 20.8. The molecule has 0 bridgehead atoms. The van der Waals surface area contributed by atoms with Crippen LogP contribution in [0.5, 0.6) is 0 Å². The second-order valence-corrected chi connectivity index (χ2v) is 18.4. The molecule has 0 spiro atoms. The van der Waals surface area contributed by atoms with Crippen LogP contribution >= 0.6 is 0 Å². The summed E-state index contributed by atoms with van der Waals surface area (Å²) in [7, 11) is 0. The summed E-state index contributed by atoms with van der Waals surface area (Å²) in [6.07, 6.45) is 0. The molecule has 13 aromatic rings. The van der Waals surface area contributed by atoms with E-state index in [0.29, 0.717) is 0 Å². The average molecular weight is 917 g/mol. The van der Waals surface area contributed by atoms with Crippen molar-refractivity contribution in [3.8, 4) is 72.4 Å². The molecule has 0 saturated carbocycles. The summed E-state index contributed by atoms with van der Waals surface area (Å²) in [6.45, 7) is 0. The Morgan fingerprint density at radius 2 is 0.778 bits per heavy atom. The zero-order valence-electron chi connectivity index (χ0n) is 39.6. The van der Waals surface area contributed by atoms with E-state index in [4.69, 9.17) is 0 Å². The lowest BCUT2D eigenvalue weighted by molar-refractivity contribution is 1.18. The van der Waals surface area contributed by atoms with Crippen molar-refractivity contribution >= 4 is 49.6 Å². The smallest absolute Gasteiger partial charge is 0.0541 e. The molecule has 13 rings (SSSR count). The predicted molar refractivity (Wildman–Crippen MR) is 306 cm³/mol. The van der Waals surface area contributed by atoms with Crippen LogP contribution in [0.15, 0.2) is 291 Å². The molecule has 2 heteroatoms. The Morgan fingerprint density at radius 3 is 1.57 bits per heavy atom. The van der Waals surface area contributed by atoms with Gasteiger partial charge in [-0.3, -0.25) is 0 Å². The summed E-state index contributed by atoms with van der Waals surface area (Å²) in [6, 6.07) is 106. The van der Waals surface area contributed by atoms with Crippen LogP contribution in [-0.4, -0.2) is 4.57 Å². The maximum Gasteiger partial charge on any atom is 0.0541 e. The molecule has 72 heavy (non-hydrogen) atoms. The first-order valence-electron chi connectivity index (χ1n) is 24.7. The second kappa shape index (κ2) is 18.4. The van der Waals surface area contributed by atoms with Gasteiger partial charge in [0.25, 0.3) is 0 Å². The fourth-order valence-electron chi connectivity index (χ4n) is 10.8. The van der Waals surface area contributed by atoms with Gasteiger partial charge in [-0.25, -0.2) is 0 Å². The summed E-state index contributed by atoms with van der Waals surface area (Å²) >= 11 is 0. The van der Waals surface area contributed by atoms with Gasteiger partial charge < -0.3 is 9.47 Å². The summed E-state index contributed by atoms with van der Waals surface area (Å²) in [5, 5.41) is 4.93. The standard InChI is InChI=1S/C70H48N2/c1-4-21-51(22-5-1)60-30-12-13-33-64(60)70-61(52-23-6-2-7-24-52)34-19-35-65(70)62-31-14-16-36-67(62)71(58-43-40-50(41-44-58)55-39-38-49-20-10-11-25-53(49)46-55)59-29-18-26-54(47-59)56-42-45-69-66(48-56)63-32-15-17-37-68(63)72(69)57-27-8-3-9-28-57/h1-48H. The van der Waals surface area contributed by atoms with Crippen LogP contribution < -0.4 is 4.90 Å². The number of benzene rings is 12. The molecule has 0 amide bonds. The minimum Gasteiger partial charge on any atom is -0.310 e. The molecule has 0 fully saturated rings. The van der Waals surface area contributed by atoms with Crippen LogP contribution in [0.3, 0.4) is 0 Å². The van der Waals surface area contributed by atoms with Gasteiger partial charge >= 0.3 is 0 Å². The Morgan fingerprint density at radius 1 is 0.250 bits per heavy atom. The minimum atomic E-state index is 1.07. The fraction of sp³-hybridized carbons (Fsp3) is 0. The van der Waals surface area contributed by atoms with E-state index in [9.17, 15) is 0 Å². The molecule has 0 N–H and O–H groups in total. The number of rotatable bonds is 10. The van der Waals surface area contributed by atoms with Crippen molar-refractivity contribution in [2.45, 2.75) is 0 Å². The zero-order valence-corrected chi connectivity index (χ0v) is 39.6. The number of anilines is 3. The lowest BCUT2D eigenvalue weighted by atomic mass is 9.84. The van der Waals surface area contributed by atoms with E-state index in [0.717, 1.165) is 45.0 Å². The highest BCUT2D eigenvalue weighted by atomic mass is 15.1. The monoisotopic (exact) mass is 916 g/mol. The number of fused-ring (bicyclic) bond motifs is 4. The molecule has 0 aliphatic rings. The third-order valence-corrected chi connectivity index (χ3v) is 14.2. The zero-order chi connectivity index (χ0) is 47.8. The van der Waals surface area contributed by atoms with Crippen LogP contribution in [0.2, 0.25) is 0 Å². The van der Waals surface area contributed by atoms with E-state index in [-0.39, 0.29) is 0 Å². The van der Waals surface area contributed by atoms with E-state index < -0.39 is 0 Å². The Bertz CT molecular complexity index is 4080. The van der Waals surface area contributed by atoms with Crippen molar-refractivity contribution in [1.29, 1.82) is 0 Å². The van der Waals surface area contributed by atoms with E-state index in [1.54, 1.807) is 0 Å². The number of para-hydroxylation sites is 3. The van der Waals surface area contributed by atoms with Gasteiger partial charge in [-0.15, -0.1) is 0 Å². The Hall–Kier alpha value is -9.50. The molecule has 1 heterocycles. The first kappa shape index (κ1) is 42.6. The predicted octanol–water partition coefficient (Wildman–Crippen LogP) is 19.4. The lowest BCUT2D eigenvalue weighted by Gasteiger charge is -2.29. The molecular formula is C70H48N2. The van der Waals surface area contributed by atoms with Gasteiger partial charge in [0, 0.05) is 33.4 Å². The molecule has 2 nitrogen and oxygen atoms in total. The molecule has 0 atom stereocenters. The molecule has 12 aromatic carbocycles. The molecule has 0 unspecified atom stereocenters. The first-order valence-corrected chi connectivity index (χ1v) is 24.7. The van der Waals surface area contributed by atoms with Crippen LogP contribution in [-0.2, 0) is 0 Å². The van der Waals surface area contributed by atoms with Crippen molar-refractivity contribution < 1.29 is 0 Å². The van der Waals surface area contributed by atoms with Gasteiger partial charge in [0.2, 0.25) is 0 Å². The van der Waals surface area contributed by atoms with E-state index in [1.165, 1.54) is 77.1 Å². The Labute approximate surface area is 420 Å². The van der Waals surface area contributed by atoms with Crippen LogP contribution in [0, 0.1) is 0 Å². The van der Waals surface area contributed by atoms with Gasteiger partial charge in [0.15, 0.2) is 0 Å². The average Bonchev–Trinajstić information content (AvgIpc) is 3.80. The van der Waals surface area contributed by atoms with Crippen molar-refractivity contribution in [1.82, 2.24) is 4.57 Å². The van der Waals surface area contributed by atoms with E-state index in [2.05, 4.69) is 301 Å². The fourth-order valence-corrected chi connectivity index (χ4v) is 10.8. The first-order chi connectivity index (χ1) is 35.7. The van der Waals surface area contributed by atoms with Crippen LogP contribution in [0.4, 0.5) is 17.1 Å². The Balaban J connectivity index is 1.01. The molecule has 1 aromatic heterocycles. The maximum absolute atomic E-state index is 2.45. The highest BCUT2D eigenvalue weighted by Gasteiger charge is 2.23. The third-order valence-electron chi connectivity index (χ3n) is 14.2. The maximum atomic E-state index is 2.45. The highest BCUT2D eigenvalue weighted by Crippen LogP contribution is 2.49. The Kier molecular flexibility index (Phi) is 10.9. The van der Waals surface area contributed by atoms with Crippen molar-refractivity contribution in [2.24, 2.45) is 0 Å². The van der Waals surface area contributed by atoms with Gasteiger partial charge in [-0.05, 0) is 139 Å². The van der Waals surface area contributed by atoms with Gasteiger partial charge in [0.05, 0.1) is 16.7 Å². The van der Waals surface area contributed by atoms with Gasteiger partial charge in [-0.1, -0.05) is 224 Å². The third kappa shape index (κ3) is 7.73. The number of nitrogens with zero attached hydrogens (tertiary/aromatic N) is 2. The van der Waals surface area contributed by atoms with Gasteiger partial charge in [0.1, 0.15) is 0 Å².